The van der Waals surface area contributed by atoms with Gasteiger partial charge in [0.25, 0.3) is 0 Å². The van der Waals surface area contributed by atoms with Gasteiger partial charge >= 0.3 is 0 Å². The normalized spacial score (nSPS) is 9.60. The molecule has 0 bridgehead atoms. The Morgan fingerprint density at radius 3 is 0.844 bits per heavy atom. The zero-order valence-corrected chi connectivity index (χ0v) is 30.9. The van der Waals surface area contributed by atoms with E-state index < -0.39 is 0 Å². The standard InChI is InChI=1S/2C18H18.4C2H6.CH4/c2*1-11-12(2)14(4)18-16(13(11)3)10-9-15-7-5-6-8-17(15)18;4*1-2;/h2*5-10H,1-4H3;4*1-2H3;1H4. The Bertz CT molecular complexity index is 1660. The quantitative estimate of drug-likeness (QED) is 0.151. The molecule has 0 spiro atoms. The Hall–Kier alpha value is -3.64. The van der Waals surface area contributed by atoms with Crippen molar-refractivity contribution in [1.82, 2.24) is 0 Å². The molecule has 0 heteroatoms. The van der Waals surface area contributed by atoms with E-state index in [4.69, 9.17) is 0 Å². The molecule has 0 aliphatic heterocycles. The van der Waals surface area contributed by atoms with Crippen LogP contribution in [0.25, 0.3) is 43.1 Å². The highest BCUT2D eigenvalue weighted by Gasteiger charge is 2.12. The number of benzene rings is 6. The number of rotatable bonds is 0. The summed E-state index contributed by atoms with van der Waals surface area (Å²) >= 11 is 0. The predicted molar refractivity (Wildman–Crippen MR) is 213 cm³/mol. The first kappa shape index (κ1) is 41.4. The number of hydrogen-bond donors (Lipinski definition) is 0. The van der Waals surface area contributed by atoms with Crippen LogP contribution >= 0.6 is 0 Å². The van der Waals surface area contributed by atoms with E-state index in [1.54, 1.807) is 0 Å². The minimum atomic E-state index is 0. The molecule has 0 radical (unpaired) electrons. The van der Waals surface area contributed by atoms with Crippen molar-refractivity contribution >= 4 is 43.1 Å². The lowest BCUT2D eigenvalue weighted by molar-refractivity contribution is 1.25. The molecule has 0 aliphatic carbocycles. The molecule has 0 fully saturated rings. The monoisotopic (exact) mass is 605 g/mol. The Morgan fingerprint density at radius 1 is 0.267 bits per heavy atom. The van der Waals surface area contributed by atoms with Crippen molar-refractivity contribution in [3.8, 4) is 0 Å². The third kappa shape index (κ3) is 8.35. The number of fused-ring (bicyclic) bond motifs is 6. The molecule has 0 heterocycles. The van der Waals surface area contributed by atoms with Crippen LogP contribution in [0.5, 0.6) is 0 Å². The first-order valence-electron chi connectivity index (χ1n) is 17.0. The molecule has 244 valence electrons. The summed E-state index contributed by atoms with van der Waals surface area (Å²) in [5, 5.41) is 11.1. The van der Waals surface area contributed by atoms with E-state index >= 15 is 0 Å². The average Bonchev–Trinajstić information content (AvgIpc) is 3.10. The van der Waals surface area contributed by atoms with Crippen molar-refractivity contribution in [2.45, 2.75) is 118 Å². The maximum atomic E-state index is 2.27. The lowest BCUT2D eigenvalue weighted by Crippen LogP contribution is -1.94. The van der Waals surface area contributed by atoms with E-state index in [2.05, 4.69) is 128 Å². The molecule has 0 unspecified atom stereocenters. The molecule has 0 N–H and O–H groups in total. The second-order valence-electron chi connectivity index (χ2n) is 10.4. The minimum Gasteiger partial charge on any atom is -0.0776 e. The van der Waals surface area contributed by atoms with Crippen molar-refractivity contribution in [1.29, 1.82) is 0 Å². The fourth-order valence-corrected chi connectivity index (χ4v) is 5.88. The summed E-state index contributed by atoms with van der Waals surface area (Å²) in [5.74, 6) is 0. The van der Waals surface area contributed by atoms with Gasteiger partial charge in [0.05, 0.1) is 0 Å². The van der Waals surface area contributed by atoms with Crippen LogP contribution in [-0.2, 0) is 0 Å². The predicted octanol–water partition coefficient (Wildman–Crippen LogP) is 15.2. The van der Waals surface area contributed by atoms with E-state index in [0.717, 1.165) is 0 Å². The molecule has 6 rings (SSSR count). The molecule has 45 heavy (non-hydrogen) atoms. The van der Waals surface area contributed by atoms with E-state index in [0.29, 0.717) is 0 Å². The van der Waals surface area contributed by atoms with Gasteiger partial charge in [-0.1, -0.05) is 136 Å². The van der Waals surface area contributed by atoms with Crippen molar-refractivity contribution < 1.29 is 0 Å². The Balaban J connectivity index is 0.000000693. The smallest absolute Gasteiger partial charge is 0.00706 e. The summed E-state index contributed by atoms with van der Waals surface area (Å²) < 4.78 is 0. The molecule has 0 aromatic heterocycles. The summed E-state index contributed by atoms with van der Waals surface area (Å²) in [6.07, 6.45) is 0. The summed E-state index contributed by atoms with van der Waals surface area (Å²) in [7, 11) is 0. The largest absolute Gasteiger partial charge is 0.0776 e. The Morgan fingerprint density at radius 2 is 0.533 bits per heavy atom. The van der Waals surface area contributed by atoms with Crippen molar-refractivity contribution in [3.05, 3.63) is 117 Å². The van der Waals surface area contributed by atoms with E-state index in [9.17, 15) is 0 Å². The molecule has 6 aromatic carbocycles. The highest BCUT2D eigenvalue weighted by atomic mass is 14.2. The highest BCUT2D eigenvalue weighted by Crippen LogP contribution is 2.35. The van der Waals surface area contributed by atoms with Gasteiger partial charge in [0.15, 0.2) is 0 Å². The van der Waals surface area contributed by atoms with Gasteiger partial charge in [-0.2, -0.15) is 0 Å². The maximum absolute atomic E-state index is 2.27. The van der Waals surface area contributed by atoms with E-state index in [1.165, 1.54) is 87.6 Å². The second kappa shape index (κ2) is 19.7. The van der Waals surface area contributed by atoms with Crippen LogP contribution in [0.15, 0.2) is 72.8 Å². The molecule has 0 aliphatic rings. The van der Waals surface area contributed by atoms with Crippen LogP contribution in [0.2, 0.25) is 0 Å². The van der Waals surface area contributed by atoms with Crippen LogP contribution < -0.4 is 0 Å². The van der Waals surface area contributed by atoms with Crippen molar-refractivity contribution in [2.24, 2.45) is 0 Å². The van der Waals surface area contributed by atoms with Gasteiger partial charge in [-0.15, -0.1) is 0 Å². The van der Waals surface area contributed by atoms with Crippen LogP contribution in [-0.4, -0.2) is 0 Å². The van der Waals surface area contributed by atoms with Crippen LogP contribution in [0, 0.1) is 55.4 Å². The van der Waals surface area contributed by atoms with Gasteiger partial charge in [0.2, 0.25) is 0 Å². The van der Waals surface area contributed by atoms with Gasteiger partial charge in [-0.25, -0.2) is 0 Å². The third-order valence-electron chi connectivity index (χ3n) is 8.79. The summed E-state index contributed by atoms with van der Waals surface area (Å²) in [4.78, 5) is 0. The fraction of sp³-hybridized carbons (Fsp3) is 0.378. The number of aryl methyl sites for hydroxylation is 4. The number of hydrogen-bond acceptors (Lipinski definition) is 0. The zero-order chi connectivity index (χ0) is 33.7. The minimum absolute atomic E-state index is 0. The highest BCUT2D eigenvalue weighted by molar-refractivity contribution is 6.11. The SMILES string of the molecule is C.CC.CC.CC.CC.Cc1c(C)c(C)c2c(ccc3ccccc32)c1C.Cc1c(C)c(C)c2c(ccc3ccccc32)c1C. The second-order valence-corrected chi connectivity index (χ2v) is 10.4. The van der Waals surface area contributed by atoms with Crippen molar-refractivity contribution in [2.75, 3.05) is 0 Å². The Labute approximate surface area is 277 Å². The van der Waals surface area contributed by atoms with E-state index in [-0.39, 0.29) is 7.43 Å². The maximum Gasteiger partial charge on any atom is -0.00706 e. The molecule has 0 saturated carbocycles. The summed E-state index contributed by atoms with van der Waals surface area (Å²) in [6.45, 7) is 33.9. The molecule has 0 saturated heterocycles. The van der Waals surface area contributed by atoms with Crippen LogP contribution in [0.4, 0.5) is 0 Å². The van der Waals surface area contributed by atoms with Gasteiger partial charge in [0.1, 0.15) is 0 Å². The first-order valence-corrected chi connectivity index (χ1v) is 17.0. The van der Waals surface area contributed by atoms with Gasteiger partial charge in [-0.05, 0) is 143 Å². The molecular weight excluding hydrogens is 540 g/mol. The lowest BCUT2D eigenvalue weighted by atomic mass is 9.89. The average molecular weight is 605 g/mol. The summed E-state index contributed by atoms with van der Waals surface area (Å²) in [6, 6.07) is 26.3. The lowest BCUT2D eigenvalue weighted by Gasteiger charge is -2.15. The molecular formula is C45H64. The summed E-state index contributed by atoms with van der Waals surface area (Å²) in [5.41, 5.74) is 11.4. The van der Waals surface area contributed by atoms with Gasteiger partial charge < -0.3 is 0 Å². The third-order valence-corrected chi connectivity index (χ3v) is 8.79. The molecule has 6 aromatic rings. The first-order chi connectivity index (χ1) is 21.2. The van der Waals surface area contributed by atoms with Gasteiger partial charge in [0, 0.05) is 0 Å². The van der Waals surface area contributed by atoms with Crippen LogP contribution in [0.1, 0.15) is 107 Å². The van der Waals surface area contributed by atoms with Gasteiger partial charge in [-0.3, -0.25) is 0 Å². The molecule has 0 nitrogen and oxygen atoms in total. The topological polar surface area (TPSA) is 0 Å². The molecule has 0 amide bonds. The van der Waals surface area contributed by atoms with E-state index in [1.807, 2.05) is 55.4 Å². The zero-order valence-electron chi connectivity index (χ0n) is 30.9. The fourth-order valence-electron chi connectivity index (χ4n) is 5.88. The Kier molecular flexibility index (Phi) is 18.1. The van der Waals surface area contributed by atoms with Crippen LogP contribution in [0.3, 0.4) is 0 Å². The van der Waals surface area contributed by atoms with Crippen molar-refractivity contribution in [3.63, 3.8) is 0 Å². The molecule has 0 atom stereocenters.